The first-order valence-electron chi connectivity index (χ1n) is 4.19. The summed E-state index contributed by atoms with van der Waals surface area (Å²) in [6, 6.07) is 6.09. The highest BCUT2D eigenvalue weighted by Crippen LogP contribution is 2.26. The van der Waals surface area contributed by atoms with Crippen molar-refractivity contribution in [3.05, 3.63) is 46.0 Å². The highest BCUT2D eigenvalue weighted by atomic mass is 79.9. The Morgan fingerprint density at radius 2 is 2.15 bits per heavy atom. The third kappa shape index (κ3) is 2.42. The average molecular weight is 240 g/mol. The summed E-state index contributed by atoms with van der Waals surface area (Å²) in [4.78, 5) is 0. The van der Waals surface area contributed by atoms with Crippen molar-refractivity contribution in [1.29, 1.82) is 0 Å². The van der Waals surface area contributed by atoms with E-state index in [1.54, 1.807) is 0 Å². The molecule has 1 rings (SSSR count). The van der Waals surface area contributed by atoms with E-state index >= 15 is 0 Å². The van der Waals surface area contributed by atoms with Crippen LogP contribution in [-0.4, -0.2) is 0 Å². The predicted octanol–water partition coefficient (Wildman–Crippen LogP) is 3.33. The quantitative estimate of drug-likeness (QED) is 0.788. The molecule has 0 amide bonds. The first-order chi connectivity index (χ1) is 6.02. The van der Waals surface area contributed by atoms with Gasteiger partial charge >= 0.3 is 0 Å². The van der Waals surface area contributed by atoms with Crippen molar-refractivity contribution in [2.24, 2.45) is 5.73 Å². The zero-order valence-corrected chi connectivity index (χ0v) is 9.56. The molecule has 0 aromatic heterocycles. The molecular formula is C11H14BrN. The number of aryl methyl sites for hydroxylation is 1. The van der Waals surface area contributed by atoms with E-state index in [-0.39, 0.29) is 6.04 Å². The SMILES string of the molecule is C=C(C)C(N)c1cc(C)ccc1Br. The zero-order chi connectivity index (χ0) is 10.0. The molecular weight excluding hydrogens is 226 g/mol. The van der Waals surface area contributed by atoms with Gasteiger partial charge in [0.25, 0.3) is 0 Å². The van der Waals surface area contributed by atoms with Gasteiger partial charge in [0.2, 0.25) is 0 Å². The standard InChI is InChI=1S/C11H14BrN/c1-7(2)11(13)9-6-8(3)4-5-10(9)12/h4-6,11H,1,13H2,2-3H3. The maximum Gasteiger partial charge on any atom is 0.0516 e. The van der Waals surface area contributed by atoms with Crippen LogP contribution in [0, 0.1) is 6.92 Å². The minimum atomic E-state index is -0.0747. The van der Waals surface area contributed by atoms with Crippen molar-refractivity contribution in [2.75, 3.05) is 0 Å². The largest absolute Gasteiger partial charge is 0.321 e. The number of benzene rings is 1. The molecule has 1 aromatic rings. The second-order valence-electron chi connectivity index (χ2n) is 3.35. The summed E-state index contributed by atoms with van der Waals surface area (Å²) in [6.45, 7) is 7.86. The summed E-state index contributed by atoms with van der Waals surface area (Å²) in [5.74, 6) is 0. The number of rotatable bonds is 2. The summed E-state index contributed by atoms with van der Waals surface area (Å²) in [5.41, 5.74) is 9.28. The lowest BCUT2D eigenvalue weighted by atomic mass is 10.0. The summed E-state index contributed by atoms with van der Waals surface area (Å²) < 4.78 is 1.05. The second-order valence-corrected chi connectivity index (χ2v) is 4.20. The van der Waals surface area contributed by atoms with Gasteiger partial charge in [0.15, 0.2) is 0 Å². The van der Waals surface area contributed by atoms with E-state index in [1.165, 1.54) is 5.56 Å². The molecule has 13 heavy (non-hydrogen) atoms. The van der Waals surface area contributed by atoms with Gasteiger partial charge in [-0.25, -0.2) is 0 Å². The van der Waals surface area contributed by atoms with Crippen molar-refractivity contribution in [1.82, 2.24) is 0 Å². The van der Waals surface area contributed by atoms with Crippen LogP contribution in [0.15, 0.2) is 34.8 Å². The molecule has 2 N–H and O–H groups in total. The molecule has 0 radical (unpaired) electrons. The number of nitrogens with two attached hydrogens (primary N) is 1. The molecule has 0 saturated heterocycles. The van der Waals surface area contributed by atoms with E-state index in [0.717, 1.165) is 15.6 Å². The first kappa shape index (κ1) is 10.5. The molecule has 0 spiro atoms. The topological polar surface area (TPSA) is 26.0 Å². The van der Waals surface area contributed by atoms with Crippen molar-refractivity contribution in [2.45, 2.75) is 19.9 Å². The van der Waals surface area contributed by atoms with Crippen molar-refractivity contribution in [3.8, 4) is 0 Å². The molecule has 1 aromatic carbocycles. The molecule has 2 heteroatoms. The lowest BCUT2D eigenvalue weighted by molar-refractivity contribution is 0.844. The van der Waals surface area contributed by atoms with Gasteiger partial charge in [-0.3, -0.25) is 0 Å². The summed E-state index contributed by atoms with van der Waals surface area (Å²) in [7, 11) is 0. The normalized spacial score (nSPS) is 12.6. The third-order valence-corrected chi connectivity index (χ3v) is 2.74. The Balaban J connectivity index is 3.12. The molecule has 1 unspecified atom stereocenters. The van der Waals surface area contributed by atoms with Crippen LogP contribution in [0.5, 0.6) is 0 Å². The van der Waals surface area contributed by atoms with Gasteiger partial charge in [0, 0.05) is 4.47 Å². The van der Waals surface area contributed by atoms with E-state index in [4.69, 9.17) is 5.73 Å². The summed E-state index contributed by atoms with van der Waals surface area (Å²) >= 11 is 3.48. The van der Waals surface area contributed by atoms with Crippen LogP contribution in [0.4, 0.5) is 0 Å². The maximum absolute atomic E-state index is 5.98. The molecule has 0 aliphatic rings. The highest BCUT2D eigenvalue weighted by molar-refractivity contribution is 9.10. The van der Waals surface area contributed by atoms with E-state index in [2.05, 4.69) is 41.6 Å². The smallest absolute Gasteiger partial charge is 0.0516 e. The van der Waals surface area contributed by atoms with Gasteiger partial charge in [0.05, 0.1) is 6.04 Å². The second kappa shape index (κ2) is 4.07. The molecule has 0 saturated carbocycles. The fourth-order valence-electron chi connectivity index (χ4n) is 1.17. The number of halogens is 1. The molecule has 1 atom stereocenters. The maximum atomic E-state index is 5.98. The molecule has 0 fully saturated rings. The molecule has 0 bridgehead atoms. The van der Waals surface area contributed by atoms with Crippen LogP contribution in [0.2, 0.25) is 0 Å². The zero-order valence-electron chi connectivity index (χ0n) is 7.97. The van der Waals surface area contributed by atoms with Gasteiger partial charge in [0.1, 0.15) is 0 Å². The van der Waals surface area contributed by atoms with Crippen LogP contribution in [0.25, 0.3) is 0 Å². The minimum Gasteiger partial charge on any atom is -0.321 e. The number of hydrogen-bond donors (Lipinski definition) is 1. The molecule has 0 heterocycles. The fraction of sp³-hybridized carbons (Fsp3) is 0.273. The monoisotopic (exact) mass is 239 g/mol. The minimum absolute atomic E-state index is 0.0747. The van der Waals surface area contributed by atoms with Gasteiger partial charge in [-0.15, -0.1) is 0 Å². The molecule has 0 aliphatic heterocycles. The highest BCUT2D eigenvalue weighted by Gasteiger charge is 2.09. The Labute approximate surface area is 87.8 Å². The fourth-order valence-corrected chi connectivity index (χ4v) is 1.66. The molecule has 0 aliphatic carbocycles. The van der Waals surface area contributed by atoms with Crippen molar-refractivity contribution < 1.29 is 0 Å². The van der Waals surface area contributed by atoms with E-state index in [1.807, 2.05) is 13.0 Å². The Morgan fingerprint density at radius 1 is 1.54 bits per heavy atom. The van der Waals surface area contributed by atoms with E-state index in [9.17, 15) is 0 Å². The van der Waals surface area contributed by atoms with Crippen LogP contribution in [-0.2, 0) is 0 Å². The van der Waals surface area contributed by atoms with Crippen molar-refractivity contribution >= 4 is 15.9 Å². The van der Waals surface area contributed by atoms with Gasteiger partial charge in [-0.1, -0.05) is 45.8 Å². The molecule has 70 valence electrons. The molecule has 1 nitrogen and oxygen atoms in total. The summed E-state index contributed by atoms with van der Waals surface area (Å²) in [5, 5.41) is 0. The average Bonchev–Trinajstić information content (AvgIpc) is 2.08. The lowest BCUT2D eigenvalue weighted by Crippen LogP contribution is -2.11. The van der Waals surface area contributed by atoms with Gasteiger partial charge < -0.3 is 5.73 Å². The van der Waals surface area contributed by atoms with Crippen LogP contribution in [0.1, 0.15) is 24.1 Å². The van der Waals surface area contributed by atoms with Crippen LogP contribution >= 0.6 is 15.9 Å². The third-order valence-electron chi connectivity index (χ3n) is 2.02. The summed E-state index contributed by atoms with van der Waals surface area (Å²) in [6.07, 6.45) is 0. The number of hydrogen-bond acceptors (Lipinski definition) is 1. The first-order valence-corrected chi connectivity index (χ1v) is 4.98. The Bertz CT molecular complexity index is 331. The Kier molecular flexibility index (Phi) is 3.28. The Hall–Kier alpha value is -0.600. The van der Waals surface area contributed by atoms with Crippen LogP contribution < -0.4 is 5.73 Å². The van der Waals surface area contributed by atoms with E-state index < -0.39 is 0 Å². The Morgan fingerprint density at radius 3 is 2.69 bits per heavy atom. The van der Waals surface area contributed by atoms with Crippen molar-refractivity contribution in [3.63, 3.8) is 0 Å². The van der Waals surface area contributed by atoms with E-state index in [0.29, 0.717) is 0 Å². The van der Waals surface area contributed by atoms with Crippen LogP contribution in [0.3, 0.4) is 0 Å². The van der Waals surface area contributed by atoms with Gasteiger partial charge in [-0.2, -0.15) is 0 Å². The predicted molar refractivity (Wildman–Crippen MR) is 60.6 cm³/mol. The van der Waals surface area contributed by atoms with Gasteiger partial charge in [-0.05, 0) is 25.5 Å². The lowest BCUT2D eigenvalue weighted by Gasteiger charge is -2.14.